The van der Waals surface area contributed by atoms with Gasteiger partial charge in [-0.1, -0.05) is 38.0 Å². The smallest absolute Gasteiger partial charge is 0.219 e. The fourth-order valence-electron chi connectivity index (χ4n) is 4.65. The van der Waals surface area contributed by atoms with Crippen LogP contribution in [0.25, 0.3) is 0 Å². The molecule has 2 saturated carbocycles. The van der Waals surface area contributed by atoms with E-state index in [2.05, 4.69) is 41.5 Å². The third kappa shape index (κ3) is 5.23. The SMILES string of the molecule is C=C(Nc1cccc(C2CCCCC2)c1)C1=C(NCC2CC2)CCN(C(C)=O)C1. The Morgan fingerprint density at radius 2 is 1.97 bits per heavy atom. The van der Waals surface area contributed by atoms with E-state index < -0.39 is 0 Å². The van der Waals surface area contributed by atoms with E-state index in [1.165, 1.54) is 56.2 Å². The Labute approximate surface area is 175 Å². The van der Waals surface area contributed by atoms with E-state index in [4.69, 9.17) is 0 Å². The number of amides is 1. The van der Waals surface area contributed by atoms with Crippen LogP contribution < -0.4 is 10.6 Å². The van der Waals surface area contributed by atoms with Gasteiger partial charge >= 0.3 is 0 Å². The first kappa shape index (κ1) is 20.1. The van der Waals surface area contributed by atoms with E-state index in [0.29, 0.717) is 12.5 Å². The summed E-state index contributed by atoms with van der Waals surface area (Å²) in [5.41, 5.74) is 5.87. The summed E-state index contributed by atoms with van der Waals surface area (Å²) < 4.78 is 0. The normalized spacial score (nSPS) is 20.5. The van der Waals surface area contributed by atoms with Crippen molar-refractivity contribution in [2.24, 2.45) is 5.92 Å². The molecule has 4 heteroatoms. The van der Waals surface area contributed by atoms with Gasteiger partial charge in [0.25, 0.3) is 0 Å². The summed E-state index contributed by atoms with van der Waals surface area (Å²) in [6.45, 7) is 8.48. The van der Waals surface area contributed by atoms with E-state index in [9.17, 15) is 4.79 Å². The largest absolute Gasteiger partial charge is 0.388 e. The number of nitrogens with zero attached hydrogens (tertiary/aromatic N) is 1. The van der Waals surface area contributed by atoms with Gasteiger partial charge in [0.1, 0.15) is 0 Å². The second-order valence-corrected chi connectivity index (χ2v) is 9.04. The Hall–Kier alpha value is -2.23. The van der Waals surface area contributed by atoms with Gasteiger partial charge in [0.2, 0.25) is 5.91 Å². The van der Waals surface area contributed by atoms with Gasteiger partial charge in [0.05, 0.1) is 0 Å². The number of anilines is 1. The van der Waals surface area contributed by atoms with Crippen molar-refractivity contribution in [3.63, 3.8) is 0 Å². The van der Waals surface area contributed by atoms with Crippen molar-refractivity contribution in [3.05, 3.63) is 53.4 Å². The quantitative estimate of drug-likeness (QED) is 0.672. The average molecular weight is 394 g/mol. The molecule has 1 aromatic rings. The van der Waals surface area contributed by atoms with Gasteiger partial charge in [-0.2, -0.15) is 0 Å². The first-order valence-electron chi connectivity index (χ1n) is 11.4. The van der Waals surface area contributed by atoms with Crippen molar-refractivity contribution >= 4 is 11.6 Å². The summed E-state index contributed by atoms with van der Waals surface area (Å²) in [6, 6.07) is 8.85. The first-order chi connectivity index (χ1) is 14.1. The standard InChI is InChI=1S/C25H35N3O/c1-18(27-23-10-6-9-22(15-23)21-7-4-3-5-8-21)24-17-28(19(2)29)14-13-25(24)26-16-20-11-12-20/h6,9-10,15,20-21,26-27H,1,3-5,7-8,11-14,16-17H2,2H3. The predicted molar refractivity (Wildman–Crippen MR) is 120 cm³/mol. The molecular formula is C25H35N3O. The lowest BCUT2D eigenvalue weighted by Gasteiger charge is -2.32. The molecule has 156 valence electrons. The molecule has 2 fully saturated rings. The van der Waals surface area contributed by atoms with Crippen molar-refractivity contribution in [2.45, 2.75) is 64.2 Å². The van der Waals surface area contributed by atoms with Crippen LogP contribution in [0.5, 0.6) is 0 Å². The zero-order valence-corrected chi connectivity index (χ0v) is 17.8. The molecule has 0 saturated heterocycles. The Kier molecular flexibility index (Phi) is 6.27. The zero-order chi connectivity index (χ0) is 20.2. The summed E-state index contributed by atoms with van der Waals surface area (Å²) in [4.78, 5) is 13.9. The molecule has 1 heterocycles. The highest BCUT2D eigenvalue weighted by Gasteiger charge is 2.26. The molecule has 0 aromatic heterocycles. The molecule has 0 spiro atoms. The number of rotatable bonds is 7. The topological polar surface area (TPSA) is 44.4 Å². The second kappa shape index (κ2) is 9.06. The fraction of sp³-hybridized carbons (Fsp3) is 0.560. The van der Waals surface area contributed by atoms with Crippen molar-refractivity contribution in [3.8, 4) is 0 Å². The van der Waals surface area contributed by atoms with Crippen LogP contribution in [0.4, 0.5) is 5.69 Å². The zero-order valence-electron chi connectivity index (χ0n) is 17.8. The lowest BCUT2D eigenvalue weighted by Crippen LogP contribution is -2.39. The van der Waals surface area contributed by atoms with Crippen LogP contribution in [-0.4, -0.2) is 30.4 Å². The molecule has 1 aromatic carbocycles. The van der Waals surface area contributed by atoms with Crippen LogP contribution in [0.3, 0.4) is 0 Å². The van der Waals surface area contributed by atoms with Crippen molar-refractivity contribution in [2.75, 3.05) is 25.0 Å². The van der Waals surface area contributed by atoms with Crippen molar-refractivity contribution in [1.29, 1.82) is 0 Å². The van der Waals surface area contributed by atoms with Crippen LogP contribution >= 0.6 is 0 Å². The van der Waals surface area contributed by atoms with Crippen LogP contribution in [-0.2, 0) is 4.79 Å². The lowest BCUT2D eigenvalue weighted by molar-refractivity contribution is -0.128. The van der Waals surface area contributed by atoms with Gasteiger partial charge in [-0.25, -0.2) is 0 Å². The molecule has 0 unspecified atom stereocenters. The molecule has 2 N–H and O–H groups in total. The summed E-state index contributed by atoms with van der Waals surface area (Å²) >= 11 is 0. The van der Waals surface area contributed by atoms with Crippen molar-refractivity contribution < 1.29 is 4.79 Å². The van der Waals surface area contributed by atoms with Crippen molar-refractivity contribution in [1.82, 2.24) is 10.2 Å². The number of hydrogen-bond acceptors (Lipinski definition) is 3. The molecule has 0 atom stereocenters. The number of carbonyl (C=O) groups excluding carboxylic acids is 1. The minimum absolute atomic E-state index is 0.135. The minimum Gasteiger partial charge on any atom is -0.388 e. The van der Waals surface area contributed by atoms with E-state index in [1.54, 1.807) is 6.92 Å². The molecule has 0 radical (unpaired) electrons. The van der Waals surface area contributed by atoms with Gasteiger partial charge < -0.3 is 15.5 Å². The number of hydrogen-bond donors (Lipinski definition) is 2. The van der Waals surface area contributed by atoms with Crippen LogP contribution in [0.15, 0.2) is 47.8 Å². The lowest BCUT2D eigenvalue weighted by atomic mass is 9.84. The molecule has 4 rings (SSSR count). The molecule has 2 aliphatic carbocycles. The highest BCUT2D eigenvalue weighted by molar-refractivity contribution is 5.74. The highest BCUT2D eigenvalue weighted by Crippen LogP contribution is 2.34. The van der Waals surface area contributed by atoms with Gasteiger partial charge in [-0.3, -0.25) is 4.79 Å². The summed E-state index contributed by atoms with van der Waals surface area (Å²) in [5.74, 6) is 1.65. The van der Waals surface area contributed by atoms with E-state index in [1.807, 2.05) is 4.90 Å². The van der Waals surface area contributed by atoms with Gasteiger partial charge in [-0.05, 0) is 55.2 Å². The number of nitrogens with one attached hydrogen (secondary N) is 2. The molecule has 4 nitrogen and oxygen atoms in total. The Bertz CT molecular complexity index is 787. The molecule has 1 amide bonds. The Balaban J connectivity index is 1.48. The predicted octanol–water partition coefficient (Wildman–Crippen LogP) is 5.17. The first-order valence-corrected chi connectivity index (χ1v) is 11.4. The molecule has 3 aliphatic rings. The highest BCUT2D eigenvalue weighted by atomic mass is 16.2. The number of benzene rings is 1. The van der Waals surface area contributed by atoms with E-state index >= 15 is 0 Å². The third-order valence-electron chi connectivity index (χ3n) is 6.71. The monoisotopic (exact) mass is 393 g/mol. The number of carbonyl (C=O) groups is 1. The summed E-state index contributed by atoms with van der Waals surface area (Å²) in [5, 5.41) is 7.22. The van der Waals surface area contributed by atoms with Crippen LogP contribution in [0.2, 0.25) is 0 Å². The third-order valence-corrected chi connectivity index (χ3v) is 6.71. The molecular weight excluding hydrogens is 358 g/mol. The summed E-state index contributed by atoms with van der Waals surface area (Å²) in [7, 11) is 0. The Morgan fingerprint density at radius 3 is 2.69 bits per heavy atom. The van der Waals surface area contributed by atoms with E-state index in [0.717, 1.165) is 42.4 Å². The van der Waals surface area contributed by atoms with Gasteiger partial charge in [0, 0.05) is 55.6 Å². The fourth-order valence-corrected chi connectivity index (χ4v) is 4.65. The van der Waals surface area contributed by atoms with Gasteiger partial charge in [0.15, 0.2) is 0 Å². The maximum Gasteiger partial charge on any atom is 0.219 e. The van der Waals surface area contributed by atoms with Crippen LogP contribution in [0.1, 0.15) is 69.8 Å². The maximum atomic E-state index is 12.0. The summed E-state index contributed by atoms with van der Waals surface area (Å²) in [6.07, 6.45) is 10.2. The molecule has 0 bridgehead atoms. The average Bonchev–Trinajstić information content (AvgIpc) is 3.57. The Morgan fingerprint density at radius 1 is 1.17 bits per heavy atom. The molecule has 1 aliphatic heterocycles. The maximum absolute atomic E-state index is 12.0. The van der Waals surface area contributed by atoms with Crippen LogP contribution in [0, 0.1) is 5.92 Å². The minimum atomic E-state index is 0.135. The second-order valence-electron chi connectivity index (χ2n) is 9.04. The molecule has 29 heavy (non-hydrogen) atoms. The van der Waals surface area contributed by atoms with Gasteiger partial charge in [-0.15, -0.1) is 0 Å². The van der Waals surface area contributed by atoms with E-state index in [-0.39, 0.29) is 5.91 Å².